The fraction of sp³-hybridized carbons (Fsp3) is 0.191. The first-order chi connectivity index (χ1) is 24.1. The second-order valence-electron chi connectivity index (χ2n) is 12.1. The molecule has 7 aromatic carbocycles. The van der Waals surface area contributed by atoms with Gasteiger partial charge in [-0.2, -0.15) is 0 Å². The molecule has 0 atom stereocenters. The minimum absolute atomic E-state index is 1.25. The van der Waals surface area contributed by atoms with E-state index in [-0.39, 0.29) is 0 Å². The Balaban J connectivity index is 0.000000558. The molecule has 0 unspecified atom stereocenters. The van der Waals surface area contributed by atoms with E-state index in [0.717, 1.165) is 0 Å². The van der Waals surface area contributed by atoms with Gasteiger partial charge < -0.3 is 0 Å². The van der Waals surface area contributed by atoms with Crippen molar-refractivity contribution in [2.75, 3.05) is 0 Å². The number of aryl methyl sites for hydroxylation is 2. The van der Waals surface area contributed by atoms with Crippen molar-refractivity contribution in [2.24, 2.45) is 0 Å². The zero-order valence-corrected chi connectivity index (χ0v) is 31.7. The third-order valence-electron chi connectivity index (χ3n) is 8.94. The second kappa shape index (κ2) is 14.9. The van der Waals surface area contributed by atoms with Gasteiger partial charge in [0.05, 0.1) is 0 Å². The maximum atomic E-state index is 2.43. The van der Waals surface area contributed by atoms with Gasteiger partial charge in [-0.25, -0.2) is 0 Å². The summed E-state index contributed by atoms with van der Waals surface area (Å²) in [6.45, 7) is 16.7. The van der Waals surface area contributed by atoms with Crippen molar-refractivity contribution >= 4 is 84.6 Å². The smallest absolute Gasteiger partial charge is 0.0361 e. The van der Waals surface area contributed by atoms with Crippen LogP contribution in [-0.2, 0) is 0 Å². The molecule has 0 spiro atoms. The van der Waals surface area contributed by atoms with E-state index in [1.165, 1.54) is 102 Å². The summed E-state index contributed by atoms with van der Waals surface area (Å²) in [5.74, 6) is 0. The monoisotopic (exact) mass is 674 g/mol. The molecule has 0 radical (unpaired) electrons. The van der Waals surface area contributed by atoms with Gasteiger partial charge in [0, 0.05) is 51.1 Å². The first kappa shape index (κ1) is 34.4. The van der Waals surface area contributed by atoms with Crippen molar-refractivity contribution in [3.63, 3.8) is 0 Å². The van der Waals surface area contributed by atoms with Gasteiger partial charge in [0.25, 0.3) is 0 Å². The van der Waals surface area contributed by atoms with Gasteiger partial charge in [-0.1, -0.05) is 133 Å². The highest BCUT2D eigenvalue weighted by molar-refractivity contribution is 7.26. The highest BCUT2D eigenvalue weighted by atomic mass is 32.1. The van der Waals surface area contributed by atoms with Crippen LogP contribution in [0.1, 0.15) is 59.1 Å². The van der Waals surface area contributed by atoms with E-state index in [1.807, 2.05) is 50.4 Å². The number of benzene rings is 7. The van der Waals surface area contributed by atoms with Gasteiger partial charge in [-0.3, -0.25) is 0 Å². The summed E-state index contributed by atoms with van der Waals surface area (Å²) < 4.78 is 5.35. The van der Waals surface area contributed by atoms with Crippen molar-refractivity contribution in [3.8, 4) is 22.3 Å². The van der Waals surface area contributed by atoms with Crippen molar-refractivity contribution in [1.82, 2.24) is 0 Å². The fourth-order valence-corrected chi connectivity index (χ4v) is 9.20. The Morgan fingerprint density at radius 2 is 0.776 bits per heavy atom. The largest absolute Gasteiger partial charge is 0.135 e. The van der Waals surface area contributed by atoms with E-state index in [4.69, 9.17) is 0 Å². The minimum Gasteiger partial charge on any atom is -0.135 e. The van der Waals surface area contributed by atoms with Crippen molar-refractivity contribution in [3.05, 3.63) is 132 Å². The lowest BCUT2D eigenvalue weighted by Gasteiger charge is -2.18. The van der Waals surface area contributed by atoms with Gasteiger partial charge in [-0.05, 0) is 94.4 Å². The van der Waals surface area contributed by atoms with Crippen molar-refractivity contribution < 1.29 is 0 Å². The summed E-state index contributed by atoms with van der Waals surface area (Å²) in [5, 5.41) is 10.9. The van der Waals surface area contributed by atoms with Crippen LogP contribution in [0.5, 0.6) is 0 Å². The maximum absolute atomic E-state index is 2.43. The van der Waals surface area contributed by atoms with Gasteiger partial charge in [0.15, 0.2) is 0 Å². The molecule has 246 valence electrons. The molecule has 0 aliphatic rings. The van der Waals surface area contributed by atoms with Crippen LogP contribution in [0.4, 0.5) is 0 Å². The highest BCUT2D eigenvalue weighted by Crippen LogP contribution is 2.49. The van der Waals surface area contributed by atoms with E-state index in [0.29, 0.717) is 0 Å². The zero-order valence-electron chi connectivity index (χ0n) is 30.1. The van der Waals surface area contributed by atoms with Crippen LogP contribution in [0.3, 0.4) is 0 Å². The van der Waals surface area contributed by atoms with E-state index in [9.17, 15) is 0 Å². The lowest BCUT2D eigenvalue weighted by atomic mass is 9.90. The predicted molar refractivity (Wildman–Crippen MR) is 226 cm³/mol. The second-order valence-corrected chi connectivity index (χ2v) is 14.2. The quantitative estimate of drug-likeness (QED) is 0.126. The predicted octanol–water partition coefficient (Wildman–Crippen LogP) is 16.1. The summed E-state index contributed by atoms with van der Waals surface area (Å²) in [6.07, 6.45) is 1.25. The van der Waals surface area contributed by atoms with Crippen LogP contribution in [0.2, 0.25) is 0 Å². The van der Waals surface area contributed by atoms with E-state index < -0.39 is 0 Å². The van der Waals surface area contributed by atoms with Crippen molar-refractivity contribution in [2.45, 2.75) is 61.8 Å². The Hall–Kier alpha value is -4.50. The molecule has 0 N–H and O–H groups in total. The molecule has 0 saturated carbocycles. The van der Waals surface area contributed by atoms with Crippen LogP contribution in [0.15, 0.2) is 121 Å². The summed E-state index contributed by atoms with van der Waals surface area (Å²) >= 11 is 3.82. The molecule has 2 heteroatoms. The Kier molecular flexibility index (Phi) is 10.5. The molecule has 49 heavy (non-hydrogen) atoms. The van der Waals surface area contributed by atoms with E-state index in [2.05, 4.69) is 149 Å². The standard InChI is InChI=1S/C40H26S2.C3H8.2C2H6/c1-23-9-3-5-11-27(23)25-17-19-33-31(21-25)37-29-13-7-16-36-40(29)38(30-14-8-15-35(41-33)39(30)37)32-22-26(18-20-34(32)42-36)28-12-6-4-10-24(28)2;1-3-2;2*1-2/h3-22H,1-2H3;3H2,1-2H3;2*1-2H3. The third kappa shape index (κ3) is 6.03. The number of hydrogen-bond acceptors (Lipinski definition) is 2. The number of hydrogen-bond donors (Lipinski definition) is 0. The first-order valence-corrected chi connectivity index (χ1v) is 19.5. The molecule has 0 aliphatic carbocycles. The number of fused-ring (bicyclic) bond motifs is 6. The Morgan fingerprint density at radius 1 is 0.388 bits per heavy atom. The number of rotatable bonds is 2. The molecule has 2 heterocycles. The molecule has 0 aliphatic heterocycles. The SMILES string of the molecule is CC.CC.CCC.Cc1ccccc1-c1ccc2sc3cccc4c3c(c2c1)c1cccc2sc3ccc(-c5ccccc5C)cc3c4c21. The van der Waals surface area contributed by atoms with Gasteiger partial charge in [0.1, 0.15) is 0 Å². The lowest BCUT2D eigenvalue weighted by molar-refractivity contribution is 1.09. The highest BCUT2D eigenvalue weighted by Gasteiger charge is 2.19. The van der Waals surface area contributed by atoms with Crippen LogP contribution >= 0.6 is 22.7 Å². The van der Waals surface area contributed by atoms with Gasteiger partial charge in [0.2, 0.25) is 0 Å². The molecule has 2 aromatic heterocycles. The Bertz CT molecular complexity index is 2380. The summed E-state index contributed by atoms with van der Waals surface area (Å²) in [7, 11) is 0. The first-order valence-electron chi connectivity index (χ1n) is 17.8. The molecule has 0 bridgehead atoms. The molecular weight excluding hydrogens is 629 g/mol. The molecule has 9 rings (SSSR count). The van der Waals surface area contributed by atoms with Gasteiger partial charge in [-0.15, -0.1) is 22.7 Å². The minimum atomic E-state index is 1.25. The lowest BCUT2D eigenvalue weighted by Crippen LogP contribution is -1.90. The molecule has 0 fully saturated rings. The van der Waals surface area contributed by atoms with Gasteiger partial charge >= 0.3 is 0 Å². The summed E-state index contributed by atoms with van der Waals surface area (Å²) in [6, 6.07) is 45.4. The summed E-state index contributed by atoms with van der Waals surface area (Å²) in [5.41, 5.74) is 7.78. The van der Waals surface area contributed by atoms with E-state index >= 15 is 0 Å². The average Bonchev–Trinajstić information content (AvgIpc) is 3.15. The maximum Gasteiger partial charge on any atom is 0.0361 e. The fourth-order valence-electron chi connectivity index (χ4n) is 6.99. The van der Waals surface area contributed by atoms with Crippen LogP contribution < -0.4 is 0 Å². The van der Waals surface area contributed by atoms with Crippen molar-refractivity contribution in [1.29, 1.82) is 0 Å². The molecule has 0 saturated heterocycles. The molecule has 0 amide bonds. The third-order valence-corrected chi connectivity index (χ3v) is 11.2. The Morgan fingerprint density at radius 3 is 1.16 bits per heavy atom. The Labute approximate surface area is 299 Å². The average molecular weight is 675 g/mol. The van der Waals surface area contributed by atoms with Crippen LogP contribution in [0.25, 0.3) is 84.1 Å². The zero-order chi connectivity index (χ0) is 34.7. The molecular formula is C47H46S2. The van der Waals surface area contributed by atoms with E-state index in [1.54, 1.807) is 0 Å². The molecule has 9 aromatic rings. The topological polar surface area (TPSA) is 0 Å². The summed E-state index contributed by atoms with van der Waals surface area (Å²) in [4.78, 5) is 0. The van der Waals surface area contributed by atoms with Crippen LogP contribution in [0, 0.1) is 13.8 Å². The van der Waals surface area contributed by atoms with Crippen LogP contribution in [-0.4, -0.2) is 0 Å². The molecule has 0 nitrogen and oxygen atoms in total. The normalized spacial score (nSPS) is 10.9.